The second kappa shape index (κ2) is 5.71. The lowest BCUT2D eigenvalue weighted by Crippen LogP contribution is -2.55. The van der Waals surface area contributed by atoms with Crippen molar-refractivity contribution in [3.8, 4) is 0 Å². The molecule has 4 atom stereocenters. The maximum absolute atomic E-state index is 10.7. The predicted molar refractivity (Wildman–Crippen MR) is 69.2 cm³/mol. The largest absolute Gasteiger partial charge is 0.388 e. The summed E-state index contributed by atoms with van der Waals surface area (Å²) < 4.78 is 5.19. The zero-order chi connectivity index (χ0) is 14.9. The average Bonchev–Trinajstić information content (AvgIpc) is 2.41. The number of nitrogens with zero attached hydrogens (tertiary/aromatic N) is 1. The highest BCUT2D eigenvalue weighted by Gasteiger charge is 2.37. The van der Waals surface area contributed by atoms with Crippen LogP contribution in [-0.4, -0.2) is 51.4 Å². The summed E-state index contributed by atoms with van der Waals surface area (Å²) in [4.78, 5) is 10.2. The van der Waals surface area contributed by atoms with Gasteiger partial charge in [-0.25, -0.2) is 0 Å². The van der Waals surface area contributed by atoms with Crippen molar-refractivity contribution in [1.82, 2.24) is 0 Å². The third kappa shape index (κ3) is 2.88. The molecule has 0 spiro atoms. The van der Waals surface area contributed by atoms with Crippen molar-refractivity contribution >= 4 is 11.4 Å². The van der Waals surface area contributed by atoms with Crippen molar-refractivity contribution in [3.05, 3.63) is 33.9 Å². The number of hydrogen-bond donors (Lipinski definition) is 4. The van der Waals surface area contributed by atoms with Crippen LogP contribution in [0.1, 0.15) is 5.56 Å². The molecule has 8 heteroatoms. The van der Waals surface area contributed by atoms with Crippen LogP contribution in [0.15, 0.2) is 18.2 Å². The van der Waals surface area contributed by atoms with Gasteiger partial charge in [0.2, 0.25) is 0 Å². The Morgan fingerprint density at radius 3 is 2.70 bits per heavy atom. The van der Waals surface area contributed by atoms with Crippen molar-refractivity contribution in [2.75, 3.05) is 11.9 Å². The van der Waals surface area contributed by atoms with E-state index in [9.17, 15) is 25.4 Å². The molecular formula is C12H16N2O6. The first-order valence-electron chi connectivity index (χ1n) is 6.07. The van der Waals surface area contributed by atoms with Crippen molar-refractivity contribution in [3.63, 3.8) is 0 Å². The Morgan fingerprint density at radius 2 is 2.05 bits per heavy atom. The third-order valence-electron chi connectivity index (χ3n) is 3.23. The van der Waals surface area contributed by atoms with Crippen LogP contribution < -0.4 is 5.32 Å². The van der Waals surface area contributed by atoms with Crippen LogP contribution in [0.25, 0.3) is 0 Å². The number of hydrogen-bond acceptors (Lipinski definition) is 7. The van der Waals surface area contributed by atoms with Gasteiger partial charge >= 0.3 is 0 Å². The number of aryl methyl sites for hydroxylation is 1. The van der Waals surface area contributed by atoms with E-state index in [1.54, 1.807) is 13.0 Å². The molecule has 110 valence electrons. The molecule has 1 aromatic rings. The minimum absolute atomic E-state index is 0.0935. The maximum Gasteiger partial charge on any atom is 0.271 e. The standard InChI is InChI=1S/C12H16N2O6/c1-6-2-3-7(14(18)19)4-8(6)13-12-11(17)10(16)9(15)5-20-12/h2-4,9-13,15-17H,5H2,1H3/t9-,10-,11+,12-/m0/s1. The minimum atomic E-state index is -1.34. The molecule has 0 aromatic heterocycles. The average molecular weight is 284 g/mol. The summed E-state index contributed by atoms with van der Waals surface area (Å²) in [7, 11) is 0. The van der Waals surface area contributed by atoms with Crippen LogP contribution in [0.3, 0.4) is 0 Å². The highest BCUT2D eigenvalue weighted by Crippen LogP contribution is 2.25. The Kier molecular flexibility index (Phi) is 4.19. The fourth-order valence-corrected chi connectivity index (χ4v) is 1.97. The first kappa shape index (κ1) is 14.7. The van der Waals surface area contributed by atoms with Gasteiger partial charge in [-0.2, -0.15) is 0 Å². The SMILES string of the molecule is Cc1ccc([N+](=O)[O-])cc1N[C@H]1OC[C@H](O)[C@H](O)[C@H]1O. The molecule has 0 aliphatic carbocycles. The van der Waals surface area contributed by atoms with Gasteiger partial charge in [0.1, 0.15) is 18.3 Å². The van der Waals surface area contributed by atoms with E-state index in [4.69, 9.17) is 4.74 Å². The molecule has 1 aliphatic rings. The molecule has 0 radical (unpaired) electrons. The van der Waals surface area contributed by atoms with E-state index in [1.807, 2.05) is 0 Å². The van der Waals surface area contributed by atoms with E-state index in [0.29, 0.717) is 5.69 Å². The van der Waals surface area contributed by atoms with Crippen LogP contribution in [-0.2, 0) is 4.74 Å². The second-order valence-electron chi connectivity index (χ2n) is 4.70. The normalized spacial score (nSPS) is 30.0. The third-order valence-corrected chi connectivity index (χ3v) is 3.23. The Labute approximate surface area is 114 Å². The topological polar surface area (TPSA) is 125 Å². The summed E-state index contributed by atoms with van der Waals surface area (Å²) in [5, 5.41) is 42.3. The monoisotopic (exact) mass is 284 g/mol. The van der Waals surface area contributed by atoms with Gasteiger partial charge in [-0.05, 0) is 12.5 Å². The molecule has 1 aliphatic heterocycles. The summed E-state index contributed by atoms with van der Waals surface area (Å²) in [5.41, 5.74) is 1.06. The van der Waals surface area contributed by atoms with Crippen LogP contribution in [0.5, 0.6) is 0 Å². The van der Waals surface area contributed by atoms with E-state index < -0.39 is 29.5 Å². The molecule has 1 saturated heterocycles. The van der Waals surface area contributed by atoms with Gasteiger partial charge in [-0.3, -0.25) is 10.1 Å². The first-order valence-corrected chi connectivity index (χ1v) is 6.07. The molecule has 1 fully saturated rings. The molecule has 1 aromatic carbocycles. The van der Waals surface area contributed by atoms with Crippen LogP contribution >= 0.6 is 0 Å². The number of aliphatic hydroxyl groups is 3. The molecule has 2 rings (SSSR count). The lowest BCUT2D eigenvalue weighted by atomic mass is 10.0. The van der Waals surface area contributed by atoms with Gasteiger partial charge in [-0.1, -0.05) is 6.07 Å². The summed E-state index contributed by atoms with van der Waals surface area (Å²) in [6, 6.07) is 4.26. The number of non-ortho nitro benzene ring substituents is 1. The van der Waals surface area contributed by atoms with Gasteiger partial charge in [0, 0.05) is 17.8 Å². The van der Waals surface area contributed by atoms with Crippen molar-refractivity contribution < 1.29 is 25.0 Å². The number of nitro benzene ring substituents is 1. The molecule has 8 nitrogen and oxygen atoms in total. The van der Waals surface area contributed by atoms with Crippen molar-refractivity contribution in [2.45, 2.75) is 31.5 Å². The predicted octanol–water partition coefficient (Wildman–Crippen LogP) is -0.246. The van der Waals surface area contributed by atoms with E-state index in [0.717, 1.165) is 5.56 Å². The molecule has 0 bridgehead atoms. The number of ether oxygens (including phenoxy) is 1. The summed E-state index contributed by atoms with van der Waals surface area (Å²) in [5.74, 6) is 0. The first-order chi connectivity index (χ1) is 9.40. The maximum atomic E-state index is 10.7. The highest BCUT2D eigenvalue weighted by molar-refractivity contribution is 5.57. The van der Waals surface area contributed by atoms with Crippen LogP contribution in [0, 0.1) is 17.0 Å². The van der Waals surface area contributed by atoms with E-state index >= 15 is 0 Å². The summed E-state index contributed by atoms with van der Waals surface area (Å²) in [6.07, 6.45) is -4.78. The molecule has 1 heterocycles. The van der Waals surface area contributed by atoms with Gasteiger partial charge < -0.3 is 25.4 Å². The molecular weight excluding hydrogens is 268 g/mol. The highest BCUT2D eigenvalue weighted by atomic mass is 16.6. The summed E-state index contributed by atoms with van der Waals surface area (Å²) >= 11 is 0. The zero-order valence-electron chi connectivity index (χ0n) is 10.8. The van der Waals surface area contributed by atoms with Gasteiger partial charge in [0.05, 0.1) is 11.5 Å². The van der Waals surface area contributed by atoms with E-state index in [2.05, 4.69) is 5.32 Å². The van der Waals surface area contributed by atoms with Crippen molar-refractivity contribution in [1.29, 1.82) is 0 Å². The smallest absolute Gasteiger partial charge is 0.271 e. The molecule has 0 saturated carbocycles. The molecule has 0 amide bonds. The van der Waals surface area contributed by atoms with Gasteiger partial charge in [0.15, 0.2) is 6.23 Å². The number of nitro groups is 1. The fraction of sp³-hybridized carbons (Fsp3) is 0.500. The van der Waals surface area contributed by atoms with Gasteiger partial charge in [-0.15, -0.1) is 0 Å². The Hall–Kier alpha value is -1.74. The number of rotatable bonds is 3. The summed E-state index contributed by atoms with van der Waals surface area (Å²) in [6.45, 7) is 1.61. The number of aliphatic hydroxyl groups excluding tert-OH is 3. The number of benzene rings is 1. The Balaban J connectivity index is 2.17. The molecule has 0 unspecified atom stereocenters. The van der Waals surface area contributed by atoms with Gasteiger partial charge in [0.25, 0.3) is 5.69 Å². The van der Waals surface area contributed by atoms with Crippen LogP contribution in [0.2, 0.25) is 0 Å². The fourth-order valence-electron chi connectivity index (χ4n) is 1.97. The lowest BCUT2D eigenvalue weighted by molar-refractivity contribution is -0.384. The van der Waals surface area contributed by atoms with Crippen molar-refractivity contribution in [2.24, 2.45) is 0 Å². The Morgan fingerprint density at radius 1 is 1.35 bits per heavy atom. The molecule has 20 heavy (non-hydrogen) atoms. The zero-order valence-corrected chi connectivity index (χ0v) is 10.8. The number of nitrogens with one attached hydrogen (secondary N) is 1. The van der Waals surface area contributed by atoms with E-state index in [-0.39, 0.29) is 12.3 Å². The number of anilines is 1. The van der Waals surface area contributed by atoms with Crippen LogP contribution in [0.4, 0.5) is 11.4 Å². The lowest BCUT2D eigenvalue weighted by Gasteiger charge is -2.36. The van der Waals surface area contributed by atoms with E-state index in [1.165, 1.54) is 12.1 Å². The second-order valence-corrected chi connectivity index (χ2v) is 4.70. The quantitative estimate of drug-likeness (QED) is 0.445. The minimum Gasteiger partial charge on any atom is -0.388 e. The molecule has 4 N–H and O–H groups in total. The Bertz CT molecular complexity index is 509.